The van der Waals surface area contributed by atoms with E-state index in [0.717, 1.165) is 5.56 Å². The summed E-state index contributed by atoms with van der Waals surface area (Å²) in [7, 11) is 0. The van der Waals surface area contributed by atoms with Crippen molar-refractivity contribution in [2.24, 2.45) is 5.10 Å². The number of halogens is 2. The lowest BCUT2D eigenvalue weighted by molar-refractivity contribution is -0.384. The number of hydrogen-bond donors (Lipinski definition) is 3. The van der Waals surface area contributed by atoms with E-state index in [1.165, 1.54) is 16.8 Å². The smallest absolute Gasteiger partial charge is 0.266 e. The number of nitrogens with zero attached hydrogens (tertiary/aromatic N) is 5. The van der Waals surface area contributed by atoms with Gasteiger partial charge < -0.3 is 0 Å². The highest BCUT2D eigenvalue weighted by atomic mass is 35.5. The molecule has 0 saturated heterocycles. The van der Waals surface area contributed by atoms with Crippen LogP contribution in [0.4, 0.5) is 5.69 Å². The van der Waals surface area contributed by atoms with E-state index in [2.05, 4.69) is 33.9 Å². The van der Waals surface area contributed by atoms with Crippen molar-refractivity contribution in [2.45, 2.75) is 11.6 Å². The first-order valence-corrected chi connectivity index (χ1v) is 9.47. The summed E-state index contributed by atoms with van der Waals surface area (Å²) in [4.78, 5) is 10.4. The van der Waals surface area contributed by atoms with Crippen molar-refractivity contribution in [3.63, 3.8) is 0 Å². The maximum Gasteiger partial charge on any atom is 0.269 e. The number of rotatable bonds is 5. The second-order valence-corrected chi connectivity index (χ2v) is 7.27. The molecule has 3 aromatic rings. The zero-order valence-electron chi connectivity index (χ0n) is 14.6. The van der Waals surface area contributed by atoms with Crippen molar-refractivity contribution in [3.05, 3.63) is 79.9 Å². The summed E-state index contributed by atoms with van der Waals surface area (Å²) in [6.07, 6.45) is 1.61. The molecule has 1 aromatic heterocycles. The normalized spacial score (nSPS) is 13.3. The van der Waals surface area contributed by atoms with Crippen LogP contribution in [0.5, 0.6) is 0 Å². The van der Waals surface area contributed by atoms with E-state index in [-0.39, 0.29) is 5.69 Å². The second-order valence-electron chi connectivity index (χ2n) is 6.03. The van der Waals surface area contributed by atoms with E-state index in [1.807, 2.05) is 0 Å². The van der Waals surface area contributed by atoms with Crippen molar-refractivity contribution in [2.75, 3.05) is 0 Å². The molecule has 148 valence electrons. The van der Waals surface area contributed by atoms with Crippen LogP contribution in [0.25, 0.3) is 5.69 Å². The van der Waals surface area contributed by atoms with Gasteiger partial charge in [0, 0.05) is 12.1 Å². The van der Waals surface area contributed by atoms with Gasteiger partial charge in [-0.2, -0.15) is 5.10 Å². The summed E-state index contributed by atoms with van der Waals surface area (Å²) in [5.41, 5.74) is 7.66. The summed E-state index contributed by atoms with van der Waals surface area (Å²) >= 11 is 17.2. The Hall–Kier alpha value is -2.79. The highest BCUT2D eigenvalue weighted by molar-refractivity contribution is 7.80. The van der Waals surface area contributed by atoms with Gasteiger partial charge in [-0.25, -0.2) is 10.2 Å². The fourth-order valence-electron chi connectivity index (χ4n) is 2.83. The van der Waals surface area contributed by atoms with Crippen LogP contribution in [0.3, 0.4) is 0 Å². The van der Waals surface area contributed by atoms with Crippen molar-refractivity contribution in [3.8, 4) is 5.69 Å². The van der Waals surface area contributed by atoms with Crippen LogP contribution < -0.4 is 11.1 Å². The lowest BCUT2D eigenvalue weighted by Crippen LogP contribution is -2.40. The van der Waals surface area contributed by atoms with Crippen LogP contribution in [-0.2, 0) is 6.54 Å². The molecule has 4 rings (SSSR count). The lowest BCUT2D eigenvalue weighted by atomic mass is 10.2. The highest BCUT2D eigenvalue weighted by Crippen LogP contribution is 2.31. The van der Waals surface area contributed by atoms with Crippen LogP contribution in [0.15, 0.2) is 58.8 Å². The SMILES string of the molecule is O=[N+]([O-])c1ccc(CN2NNN=C2c2cnn(-c3c(Cl)cccc3Cl)c2S)cc1. The summed E-state index contributed by atoms with van der Waals surface area (Å²) in [6, 6.07) is 11.5. The maximum absolute atomic E-state index is 10.8. The van der Waals surface area contributed by atoms with Gasteiger partial charge in [-0.05, 0) is 17.7 Å². The molecule has 0 atom stereocenters. The average Bonchev–Trinajstić information content (AvgIpc) is 3.29. The lowest BCUT2D eigenvalue weighted by Gasteiger charge is -2.18. The minimum absolute atomic E-state index is 0.0330. The predicted octanol–water partition coefficient (Wildman–Crippen LogP) is 3.56. The largest absolute Gasteiger partial charge is 0.269 e. The van der Waals surface area contributed by atoms with Crippen molar-refractivity contribution < 1.29 is 4.92 Å². The molecule has 0 fully saturated rings. The van der Waals surface area contributed by atoms with E-state index in [1.54, 1.807) is 41.5 Å². The number of nitro groups is 1. The first-order chi connectivity index (χ1) is 14.0. The molecule has 0 aliphatic carbocycles. The molecule has 0 unspecified atom stereocenters. The summed E-state index contributed by atoms with van der Waals surface area (Å²) in [6.45, 7) is 0.398. The number of hydrogen-bond acceptors (Lipinski definition) is 8. The van der Waals surface area contributed by atoms with E-state index in [0.29, 0.717) is 38.7 Å². The molecule has 2 N–H and O–H groups in total. The molecule has 9 nitrogen and oxygen atoms in total. The first kappa shape index (κ1) is 19.5. The Balaban J connectivity index is 1.61. The topological polar surface area (TPSA) is 101 Å². The number of hydrazine groups is 2. The van der Waals surface area contributed by atoms with Crippen LogP contribution in [0.1, 0.15) is 11.1 Å². The molecule has 0 amide bonds. The standard InChI is InChI=1S/C17H13Cl2N7O2S/c18-13-2-1-3-14(19)15(13)25-17(29)12(8-20-25)16-21-22-23-24(16)9-10-4-6-11(7-5-10)26(27)28/h1-8,22-23,29H,9H2. The molecule has 2 aromatic carbocycles. The Labute approximate surface area is 180 Å². The zero-order valence-corrected chi connectivity index (χ0v) is 17.0. The van der Waals surface area contributed by atoms with Gasteiger partial charge in [-0.15, -0.1) is 23.3 Å². The molecule has 0 radical (unpaired) electrons. The Bertz CT molecular complexity index is 1100. The molecule has 12 heteroatoms. The molecule has 29 heavy (non-hydrogen) atoms. The Kier molecular flexibility index (Phi) is 5.33. The van der Waals surface area contributed by atoms with Gasteiger partial charge in [0.2, 0.25) is 0 Å². The number of para-hydroxylation sites is 1. The third-order valence-corrected chi connectivity index (χ3v) is 5.26. The number of hydrazone groups is 1. The van der Waals surface area contributed by atoms with E-state index in [9.17, 15) is 10.1 Å². The van der Waals surface area contributed by atoms with Gasteiger partial charge in [0.15, 0.2) is 5.84 Å². The number of nitrogens with one attached hydrogen (secondary N) is 2. The molecule has 0 spiro atoms. The molecular weight excluding hydrogens is 437 g/mol. The van der Waals surface area contributed by atoms with Crippen molar-refractivity contribution in [1.29, 1.82) is 0 Å². The number of aromatic nitrogens is 2. The first-order valence-electron chi connectivity index (χ1n) is 8.26. The number of thiol groups is 1. The zero-order chi connectivity index (χ0) is 20.5. The van der Waals surface area contributed by atoms with Gasteiger partial charge in [-0.3, -0.25) is 15.1 Å². The quantitative estimate of drug-likeness (QED) is 0.312. The van der Waals surface area contributed by atoms with Crippen LogP contribution >= 0.6 is 35.8 Å². The van der Waals surface area contributed by atoms with Gasteiger partial charge >= 0.3 is 0 Å². The maximum atomic E-state index is 10.8. The summed E-state index contributed by atoms with van der Waals surface area (Å²) in [5, 5.41) is 22.5. The Morgan fingerprint density at radius 2 is 1.83 bits per heavy atom. The predicted molar refractivity (Wildman–Crippen MR) is 112 cm³/mol. The van der Waals surface area contributed by atoms with Crippen LogP contribution in [0, 0.1) is 10.1 Å². The molecule has 2 heterocycles. The van der Waals surface area contributed by atoms with Gasteiger partial charge in [-0.1, -0.05) is 41.4 Å². The van der Waals surface area contributed by atoms with E-state index >= 15 is 0 Å². The summed E-state index contributed by atoms with van der Waals surface area (Å²) < 4.78 is 1.54. The summed E-state index contributed by atoms with van der Waals surface area (Å²) in [5.74, 6) is 0.544. The number of non-ortho nitro benzene ring substituents is 1. The Morgan fingerprint density at radius 3 is 2.48 bits per heavy atom. The molecule has 0 saturated carbocycles. The van der Waals surface area contributed by atoms with Gasteiger partial charge in [0.05, 0.1) is 33.3 Å². The molecular formula is C17H13Cl2N7O2S. The van der Waals surface area contributed by atoms with Crippen LogP contribution in [-0.4, -0.2) is 25.5 Å². The second kappa shape index (κ2) is 7.91. The fourth-order valence-corrected chi connectivity index (χ4v) is 3.70. The van der Waals surface area contributed by atoms with Crippen LogP contribution in [0.2, 0.25) is 10.0 Å². The molecule has 0 bridgehead atoms. The fraction of sp³-hybridized carbons (Fsp3) is 0.0588. The van der Waals surface area contributed by atoms with E-state index in [4.69, 9.17) is 23.2 Å². The third-order valence-electron chi connectivity index (χ3n) is 4.22. The molecule has 1 aliphatic rings. The highest BCUT2D eigenvalue weighted by Gasteiger charge is 2.25. The minimum Gasteiger partial charge on any atom is -0.266 e. The minimum atomic E-state index is -0.437. The van der Waals surface area contributed by atoms with Crippen molar-refractivity contribution >= 4 is 47.4 Å². The third kappa shape index (κ3) is 3.75. The van der Waals surface area contributed by atoms with Crippen molar-refractivity contribution in [1.82, 2.24) is 25.9 Å². The molecule has 1 aliphatic heterocycles. The Morgan fingerprint density at radius 1 is 1.14 bits per heavy atom. The van der Waals surface area contributed by atoms with Gasteiger partial charge in [0.25, 0.3) is 5.69 Å². The number of amidine groups is 1. The average molecular weight is 450 g/mol. The van der Waals surface area contributed by atoms with E-state index < -0.39 is 4.92 Å². The number of nitro benzene ring substituents is 1. The van der Waals surface area contributed by atoms with Gasteiger partial charge in [0.1, 0.15) is 10.7 Å². The monoisotopic (exact) mass is 449 g/mol. The number of benzene rings is 2.